The van der Waals surface area contributed by atoms with Gasteiger partial charge in [-0.25, -0.2) is 4.79 Å². The van der Waals surface area contributed by atoms with E-state index in [1.54, 1.807) is 0 Å². The van der Waals surface area contributed by atoms with Crippen LogP contribution < -0.4 is 35.3 Å². The fraction of sp³-hybridized carbons (Fsp3) is 0. The van der Waals surface area contributed by atoms with Crippen molar-refractivity contribution in [1.82, 2.24) is 0 Å². The molecule has 0 unspecified atom stereocenters. The summed E-state index contributed by atoms with van der Waals surface area (Å²) in [7, 11) is 0. The van der Waals surface area contributed by atoms with Crippen LogP contribution in [0.25, 0.3) is 0 Å². The Balaban J connectivity index is -0.0000000450. The van der Waals surface area contributed by atoms with Gasteiger partial charge in [0.1, 0.15) is 0 Å². The Morgan fingerprint density at radius 2 is 2.00 bits per heavy atom. The zero-order valence-electron chi connectivity index (χ0n) is 3.93. The van der Waals surface area contributed by atoms with Crippen molar-refractivity contribution in [2.24, 2.45) is 5.73 Å². The van der Waals surface area contributed by atoms with Crippen molar-refractivity contribution >= 4 is 6.09 Å². The van der Waals surface area contributed by atoms with Crippen molar-refractivity contribution in [2.75, 3.05) is 0 Å². The van der Waals surface area contributed by atoms with Crippen LogP contribution in [0.15, 0.2) is 0 Å². The third kappa shape index (κ3) is 302. The number of amides is 1. The molecule has 0 radical (unpaired) electrons. The third-order valence-electron chi connectivity index (χ3n) is 0. The van der Waals surface area contributed by atoms with Gasteiger partial charge in [0.15, 0.2) is 0 Å². The molecule has 1 amide bonds. The van der Waals surface area contributed by atoms with Gasteiger partial charge in [-0.2, -0.15) is 0 Å². The van der Waals surface area contributed by atoms with Gasteiger partial charge in [0.25, 0.3) is 0 Å². The first-order chi connectivity index (χ1) is 1.73. The minimum Gasteiger partial charge on any atom is -1.00 e. The van der Waals surface area contributed by atoms with Crippen molar-refractivity contribution < 1.29 is 40.9 Å². The summed E-state index contributed by atoms with van der Waals surface area (Å²) in [6.07, 6.45) is -1.33. The number of carboxylic acid groups (broad SMARTS) is 1. The van der Waals surface area contributed by atoms with Gasteiger partial charge in [-0.15, -0.1) is 0 Å². The smallest absolute Gasteiger partial charge is 1.00 e. The molecule has 3 N–H and O–H groups in total. The molecule has 0 aliphatic heterocycles. The number of carbonyl (C=O) groups is 1. The summed E-state index contributed by atoms with van der Waals surface area (Å²) in [6, 6.07) is 0. The minimum atomic E-state index is -1.33. The van der Waals surface area contributed by atoms with E-state index >= 15 is 0 Å². The van der Waals surface area contributed by atoms with Gasteiger partial charge in [0.05, 0.1) is 0 Å². The molecular formula is CH4NNaO2. The Morgan fingerprint density at radius 3 is 2.00 bits per heavy atom. The Bertz CT molecular complexity index is 36.5. The zero-order valence-corrected chi connectivity index (χ0v) is 4.93. The molecule has 3 nitrogen and oxygen atoms in total. The molecule has 0 spiro atoms. The van der Waals surface area contributed by atoms with E-state index in [2.05, 4.69) is 5.73 Å². The maximum atomic E-state index is 8.78. The molecule has 0 heterocycles. The maximum absolute atomic E-state index is 8.78. The number of hydrogen-bond donors (Lipinski definition) is 2. The molecule has 0 aliphatic rings. The van der Waals surface area contributed by atoms with Crippen molar-refractivity contribution in [3.8, 4) is 0 Å². The Kier molecular flexibility index (Phi) is 7.67. The molecule has 0 aromatic carbocycles. The van der Waals surface area contributed by atoms with Gasteiger partial charge in [0.2, 0.25) is 0 Å². The maximum Gasteiger partial charge on any atom is 1.00 e. The van der Waals surface area contributed by atoms with Crippen LogP contribution in [0.4, 0.5) is 4.79 Å². The molecular weight excluding hydrogens is 81.0 g/mol. The Morgan fingerprint density at radius 1 is 2.00 bits per heavy atom. The molecule has 0 saturated carbocycles. The largest absolute Gasteiger partial charge is 1.00 e. The number of hydrogen-bond acceptors (Lipinski definition) is 1. The SMILES string of the molecule is NC(=O)O.[H-].[Na+]. The normalized spacial score (nSPS) is 4.80. The van der Waals surface area contributed by atoms with Crippen LogP contribution in [0.5, 0.6) is 0 Å². The molecule has 26 valence electrons. The van der Waals surface area contributed by atoms with E-state index in [4.69, 9.17) is 9.90 Å². The van der Waals surface area contributed by atoms with Gasteiger partial charge < -0.3 is 12.3 Å². The predicted molar refractivity (Wildman–Crippen MR) is 13.3 cm³/mol. The fourth-order valence-electron chi connectivity index (χ4n) is 0. The summed E-state index contributed by atoms with van der Waals surface area (Å²) in [5.41, 5.74) is 4.03. The van der Waals surface area contributed by atoms with Gasteiger partial charge in [-0.05, 0) is 0 Å². The molecule has 0 aliphatic carbocycles. The third-order valence-corrected chi connectivity index (χ3v) is 0. The summed E-state index contributed by atoms with van der Waals surface area (Å²) in [5, 5.41) is 7.19. The van der Waals surface area contributed by atoms with E-state index in [1.807, 2.05) is 0 Å². The average molecular weight is 85.0 g/mol. The fourth-order valence-corrected chi connectivity index (χ4v) is 0. The first-order valence-electron chi connectivity index (χ1n) is 0.716. The number of rotatable bonds is 0. The van der Waals surface area contributed by atoms with E-state index in [1.165, 1.54) is 0 Å². The Labute approximate surface area is 52.9 Å². The quantitative estimate of drug-likeness (QED) is 0.303. The minimum absolute atomic E-state index is 0. The van der Waals surface area contributed by atoms with Crippen LogP contribution in [-0.2, 0) is 0 Å². The summed E-state index contributed by atoms with van der Waals surface area (Å²) < 4.78 is 0. The first kappa shape index (κ1) is 8.99. The van der Waals surface area contributed by atoms with E-state index in [9.17, 15) is 0 Å². The molecule has 4 heteroatoms. The molecule has 5 heavy (non-hydrogen) atoms. The van der Waals surface area contributed by atoms with Crippen LogP contribution in [0, 0.1) is 0 Å². The first-order valence-corrected chi connectivity index (χ1v) is 0.716. The zero-order chi connectivity index (χ0) is 3.58. The predicted octanol–water partition coefficient (Wildman–Crippen LogP) is -3.26. The summed E-state index contributed by atoms with van der Waals surface area (Å²) >= 11 is 0. The summed E-state index contributed by atoms with van der Waals surface area (Å²) in [5.74, 6) is 0. The van der Waals surface area contributed by atoms with E-state index in [-0.39, 0.29) is 31.0 Å². The van der Waals surface area contributed by atoms with Crippen molar-refractivity contribution in [3.63, 3.8) is 0 Å². The molecule has 0 atom stereocenters. The van der Waals surface area contributed by atoms with Gasteiger partial charge in [0, 0.05) is 0 Å². The molecule has 0 aromatic heterocycles. The molecule has 0 bridgehead atoms. The van der Waals surface area contributed by atoms with Crippen LogP contribution >= 0.6 is 0 Å². The molecule has 0 rings (SSSR count). The topological polar surface area (TPSA) is 63.3 Å². The second-order valence-corrected chi connectivity index (χ2v) is 0.338. The van der Waals surface area contributed by atoms with Crippen molar-refractivity contribution in [3.05, 3.63) is 0 Å². The van der Waals surface area contributed by atoms with Crippen LogP contribution in [0.2, 0.25) is 0 Å². The van der Waals surface area contributed by atoms with Gasteiger partial charge >= 0.3 is 35.7 Å². The van der Waals surface area contributed by atoms with Crippen LogP contribution in [0.3, 0.4) is 0 Å². The number of nitrogens with two attached hydrogens (primary N) is 1. The van der Waals surface area contributed by atoms with Crippen molar-refractivity contribution in [2.45, 2.75) is 0 Å². The van der Waals surface area contributed by atoms with Crippen LogP contribution in [0.1, 0.15) is 1.43 Å². The second-order valence-electron chi connectivity index (χ2n) is 0.338. The Hall–Kier alpha value is 0.270. The summed E-state index contributed by atoms with van der Waals surface area (Å²) in [4.78, 5) is 8.78. The monoisotopic (exact) mass is 85.0 g/mol. The van der Waals surface area contributed by atoms with Crippen molar-refractivity contribution in [1.29, 1.82) is 0 Å². The molecule has 0 saturated heterocycles. The van der Waals surface area contributed by atoms with Gasteiger partial charge in [-0.1, -0.05) is 0 Å². The summed E-state index contributed by atoms with van der Waals surface area (Å²) in [6.45, 7) is 0. The van der Waals surface area contributed by atoms with E-state index < -0.39 is 6.09 Å². The molecule has 0 aromatic rings. The second kappa shape index (κ2) is 4.27. The molecule has 0 fully saturated rings. The van der Waals surface area contributed by atoms with Gasteiger partial charge in [-0.3, -0.25) is 0 Å². The van der Waals surface area contributed by atoms with Crippen LogP contribution in [-0.4, -0.2) is 11.2 Å². The van der Waals surface area contributed by atoms with E-state index in [0.717, 1.165) is 0 Å². The standard InChI is InChI=1S/CH3NO2.Na.H/c2-1(3)4;;/h2H2,(H,3,4);;/q;+1;-1. The van der Waals surface area contributed by atoms with E-state index in [0.29, 0.717) is 0 Å². The average Bonchev–Trinajstić information content (AvgIpc) is 0.811. The number of primary amides is 1.